The summed E-state index contributed by atoms with van der Waals surface area (Å²) < 4.78 is 31.5. The second kappa shape index (κ2) is 6.65. The maximum atomic E-state index is 13.3. The summed E-state index contributed by atoms with van der Waals surface area (Å²) in [6.07, 6.45) is 0.726. The van der Waals surface area contributed by atoms with Crippen LogP contribution in [0.15, 0.2) is 22.7 Å². The van der Waals surface area contributed by atoms with Crippen molar-refractivity contribution < 1.29 is 13.3 Å². The van der Waals surface area contributed by atoms with Crippen molar-refractivity contribution in [3.8, 4) is 0 Å². The standard InChI is InChI=1S/C15H19F2N3O/c1-4-20(11-5-6-12(16)13(17)8-11)9-14-18-15(21-19-14)7-10(2)3/h5-6,8,10H,4,7,9H2,1-3H3. The first kappa shape index (κ1) is 15.4. The zero-order chi connectivity index (χ0) is 15.4. The average molecular weight is 295 g/mol. The molecule has 0 fully saturated rings. The largest absolute Gasteiger partial charge is 0.364 e. The molecule has 0 atom stereocenters. The van der Waals surface area contributed by atoms with Crippen molar-refractivity contribution in [2.24, 2.45) is 5.92 Å². The second-order valence-corrected chi connectivity index (χ2v) is 5.31. The van der Waals surface area contributed by atoms with Gasteiger partial charge in [0.2, 0.25) is 5.89 Å². The quantitative estimate of drug-likeness (QED) is 0.817. The summed E-state index contributed by atoms with van der Waals surface area (Å²) in [5.74, 6) is -0.140. The molecular formula is C15H19F2N3O. The van der Waals surface area contributed by atoms with Crippen LogP contribution in [0.4, 0.5) is 14.5 Å². The van der Waals surface area contributed by atoms with Crippen molar-refractivity contribution in [2.45, 2.75) is 33.7 Å². The molecule has 6 heteroatoms. The minimum absolute atomic E-state index is 0.392. The summed E-state index contributed by atoms with van der Waals surface area (Å²) in [6, 6.07) is 3.83. The molecule has 0 aliphatic rings. The Labute approximate surface area is 122 Å². The summed E-state index contributed by atoms with van der Waals surface area (Å²) in [5.41, 5.74) is 0.589. The molecule has 0 saturated carbocycles. The van der Waals surface area contributed by atoms with Crippen LogP contribution in [0.2, 0.25) is 0 Å². The number of nitrogens with zero attached hydrogens (tertiary/aromatic N) is 3. The molecule has 4 nitrogen and oxygen atoms in total. The molecule has 0 spiro atoms. The van der Waals surface area contributed by atoms with E-state index in [4.69, 9.17) is 4.52 Å². The van der Waals surface area contributed by atoms with Gasteiger partial charge < -0.3 is 9.42 Å². The minimum atomic E-state index is -0.862. The Bertz CT molecular complexity index is 598. The lowest BCUT2D eigenvalue weighted by atomic mass is 10.1. The number of halogens is 2. The van der Waals surface area contributed by atoms with E-state index in [0.717, 1.165) is 12.5 Å². The molecule has 114 valence electrons. The molecular weight excluding hydrogens is 276 g/mol. The Morgan fingerprint density at radius 1 is 1.24 bits per heavy atom. The van der Waals surface area contributed by atoms with Crippen molar-refractivity contribution in [1.29, 1.82) is 0 Å². The van der Waals surface area contributed by atoms with Gasteiger partial charge in [0.15, 0.2) is 17.5 Å². The topological polar surface area (TPSA) is 42.2 Å². The van der Waals surface area contributed by atoms with E-state index >= 15 is 0 Å². The molecule has 2 rings (SSSR count). The van der Waals surface area contributed by atoms with Crippen LogP contribution in [0.5, 0.6) is 0 Å². The number of hydrogen-bond donors (Lipinski definition) is 0. The lowest BCUT2D eigenvalue weighted by Crippen LogP contribution is -2.23. The summed E-state index contributed by atoms with van der Waals surface area (Å²) >= 11 is 0. The van der Waals surface area contributed by atoms with E-state index in [9.17, 15) is 8.78 Å². The first-order valence-corrected chi connectivity index (χ1v) is 7.01. The van der Waals surface area contributed by atoms with E-state index in [1.54, 1.807) is 0 Å². The number of hydrogen-bond acceptors (Lipinski definition) is 4. The van der Waals surface area contributed by atoms with Gasteiger partial charge in [-0.2, -0.15) is 4.98 Å². The van der Waals surface area contributed by atoms with Crippen molar-refractivity contribution in [2.75, 3.05) is 11.4 Å². The van der Waals surface area contributed by atoms with Crippen LogP contribution in [0, 0.1) is 17.6 Å². The van der Waals surface area contributed by atoms with E-state index < -0.39 is 11.6 Å². The summed E-state index contributed by atoms with van der Waals surface area (Å²) in [4.78, 5) is 6.17. The Morgan fingerprint density at radius 3 is 2.62 bits per heavy atom. The van der Waals surface area contributed by atoms with Crippen LogP contribution < -0.4 is 4.90 Å². The Hall–Kier alpha value is -1.98. The van der Waals surface area contributed by atoms with Crippen LogP contribution >= 0.6 is 0 Å². The summed E-state index contributed by atoms with van der Waals surface area (Å²) in [6.45, 7) is 7.09. The van der Waals surface area contributed by atoms with Gasteiger partial charge in [-0.3, -0.25) is 0 Å². The summed E-state index contributed by atoms with van der Waals surface area (Å²) in [7, 11) is 0. The Kier molecular flexibility index (Phi) is 4.88. The highest BCUT2D eigenvalue weighted by Gasteiger charge is 2.13. The number of aromatic nitrogens is 2. The maximum Gasteiger partial charge on any atom is 0.226 e. The highest BCUT2D eigenvalue weighted by molar-refractivity contribution is 5.46. The van der Waals surface area contributed by atoms with Gasteiger partial charge in [0.1, 0.15) is 0 Å². The van der Waals surface area contributed by atoms with Gasteiger partial charge in [-0.15, -0.1) is 0 Å². The fraction of sp³-hybridized carbons (Fsp3) is 0.467. The SMILES string of the molecule is CCN(Cc1noc(CC(C)C)n1)c1ccc(F)c(F)c1. The highest BCUT2D eigenvalue weighted by atomic mass is 19.2. The van der Waals surface area contributed by atoms with Crippen LogP contribution in [0.3, 0.4) is 0 Å². The molecule has 0 radical (unpaired) electrons. The molecule has 0 aliphatic carbocycles. The normalized spacial score (nSPS) is 11.1. The zero-order valence-electron chi connectivity index (χ0n) is 12.4. The second-order valence-electron chi connectivity index (χ2n) is 5.31. The van der Waals surface area contributed by atoms with E-state index in [-0.39, 0.29) is 0 Å². The van der Waals surface area contributed by atoms with E-state index in [2.05, 4.69) is 24.0 Å². The van der Waals surface area contributed by atoms with Gasteiger partial charge in [0.25, 0.3) is 0 Å². The van der Waals surface area contributed by atoms with Crippen molar-refractivity contribution in [3.63, 3.8) is 0 Å². The van der Waals surface area contributed by atoms with Crippen LogP contribution in [-0.4, -0.2) is 16.7 Å². The van der Waals surface area contributed by atoms with E-state index in [0.29, 0.717) is 36.4 Å². The fourth-order valence-corrected chi connectivity index (χ4v) is 2.02. The predicted octanol–water partition coefficient (Wildman–Crippen LogP) is 3.57. The molecule has 2 aromatic rings. The molecule has 21 heavy (non-hydrogen) atoms. The van der Waals surface area contributed by atoms with Crippen LogP contribution in [0.25, 0.3) is 0 Å². The first-order valence-electron chi connectivity index (χ1n) is 7.01. The third-order valence-electron chi connectivity index (χ3n) is 3.08. The van der Waals surface area contributed by atoms with Crippen LogP contribution in [0.1, 0.15) is 32.5 Å². The molecule has 1 aromatic carbocycles. The van der Waals surface area contributed by atoms with Crippen molar-refractivity contribution in [3.05, 3.63) is 41.5 Å². The number of benzene rings is 1. The molecule has 0 aliphatic heterocycles. The average Bonchev–Trinajstić information content (AvgIpc) is 2.86. The lowest BCUT2D eigenvalue weighted by Gasteiger charge is -2.21. The smallest absolute Gasteiger partial charge is 0.226 e. The van der Waals surface area contributed by atoms with Gasteiger partial charge >= 0.3 is 0 Å². The van der Waals surface area contributed by atoms with Gasteiger partial charge in [-0.1, -0.05) is 19.0 Å². The van der Waals surface area contributed by atoms with Gasteiger partial charge in [0.05, 0.1) is 6.54 Å². The zero-order valence-corrected chi connectivity index (χ0v) is 12.4. The molecule has 0 bridgehead atoms. The van der Waals surface area contributed by atoms with Crippen LogP contribution in [-0.2, 0) is 13.0 Å². The third-order valence-corrected chi connectivity index (χ3v) is 3.08. The van der Waals surface area contributed by atoms with Crippen molar-refractivity contribution >= 4 is 5.69 Å². The van der Waals surface area contributed by atoms with E-state index in [1.807, 2.05) is 11.8 Å². The summed E-state index contributed by atoms with van der Waals surface area (Å²) in [5, 5.41) is 3.93. The van der Waals surface area contributed by atoms with Gasteiger partial charge in [-0.05, 0) is 25.0 Å². The first-order chi connectivity index (χ1) is 9.99. The predicted molar refractivity (Wildman–Crippen MR) is 75.9 cm³/mol. The highest BCUT2D eigenvalue weighted by Crippen LogP contribution is 2.19. The van der Waals surface area contributed by atoms with Gasteiger partial charge in [0, 0.05) is 24.7 Å². The molecule has 1 aromatic heterocycles. The van der Waals surface area contributed by atoms with Crippen molar-refractivity contribution in [1.82, 2.24) is 10.1 Å². The molecule has 0 N–H and O–H groups in total. The molecule has 0 unspecified atom stereocenters. The minimum Gasteiger partial charge on any atom is -0.364 e. The Morgan fingerprint density at radius 2 is 2.00 bits per heavy atom. The molecule has 0 amide bonds. The van der Waals surface area contributed by atoms with Gasteiger partial charge in [-0.25, -0.2) is 8.78 Å². The van der Waals surface area contributed by atoms with E-state index in [1.165, 1.54) is 12.1 Å². The lowest BCUT2D eigenvalue weighted by molar-refractivity contribution is 0.358. The Balaban J connectivity index is 2.11. The fourth-order valence-electron chi connectivity index (χ4n) is 2.02. The molecule has 1 heterocycles. The number of rotatable bonds is 6. The maximum absolute atomic E-state index is 13.3. The number of anilines is 1. The molecule has 0 saturated heterocycles. The third kappa shape index (κ3) is 4.00. The monoisotopic (exact) mass is 295 g/mol.